The van der Waals surface area contributed by atoms with Gasteiger partial charge in [0.1, 0.15) is 42.3 Å². The fourth-order valence-electron chi connectivity index (χ4n) is 13.4. The van der Waals surface area contributed by atoms with Gasteiger partial charge < -0.3 is 85.1 Å². The Morgan fingerprint density at radius 3 is 1.88 bits per heavy atom. The Bertz CT molecular complexity index is 3720. The molecular formula is C82H121N13O18. The summed E-state index contributed by atoms with van der Waals surface area (Å²) in [6, 6.07) is 18.6. The molecule has 9 amide bonds. The third kappa shape index (κ3) is 31.1. The number of ether oxygens (including phenoxy) is 8. The molecule has 5 rings (SSSR count). The van der Waals surface area contributed by atoms with E-state index in [-0.39, 0.29) is 95.2 Å². The van der Waals surface area contributed by atoms with Crippen LogP contribution < -0.4 is 32.3 Å². The average molecular weight is 1580 g/mol. The highest BCUT2D eigenvalue weighted by atomic mass is 16.6. The lowest BCUT2D eigenvalue weighted by Gasteiger charge is -2.41. The van der Waals surface area contributed by atoms with Crippen LogP contribution in [-0.2, 0) is 84.7 Å². The summed E-state index contributed by atoms with van der Waals surface area (Å²) in [7, 11) is 6.13. The standard InChI is InChI=1S/C82H121N13O18/c1-15-56(8)74(68(106-13)49-70(98)94-38-21-26-66(94)76(107-14)58(10)67(96)48-57(9)75(99)61-23-17-16-18-24-61)92(11)80(103)72(54(4)5)89-79(102)73(55(6)7)93(12)82(105)113-51-60-27-31-62(32-28-60)86-77(100)65(25-20-37-85-81(84)104)87-78(101)71(53(2)3)88-69(97)35-39-108-40-41-109-42-43-110-44-45-111-46-47-112-52-63-50-95(91-90-63)64-33-29-59(30-34-64)22-19-36-83/h16-18,23-24,27-34,50,53-58,65-66,68,71-76,99H,15,20-21,25-26,35,37-49,51-52H2,1-14H3,(H,86,100)(H,87,101)(H,88,97)(H,89,102)(H3,84,85,104)/t56-,57-,58-,65-,66-,68+,71-,72-,73-,74-,75+,76+/m0/s1. The minimum atomic E-state index is -1.12. The van der Waals surface area contributed by atoms with Crippen molar-refractivity contribution in [2.75, 3.05) is 106 Å². The predicted octanol–water partition coefficient (Wildman–Crippen LogP) is 6.81. The summed E-state index contributed by atoms with van der Waals surface area (Å²) in [4.78, 5) is 128. The summed E-state index contributed by atoms with van der Waals surface area (Å²) in [5, 5.41) is 41.7. The molecule has 0 aliphatic carbocycles. The van der Waals surface area contributed by atoms with Gasteiger partial charge in [-0.25, -0.2) is 14.3 Å². The highest BCUT2D eigenvalue weighted by molar-refractivity contribution is 5.98. The van der Waals surface area contributed by atoms with E-state index in [1.807, 2.05) is 70.2 Å². The number of hydrogen-bond acceptors (Lipinski definition) is 21. The molecular weight excluding hydrogens is 1450 g/mol. The van der Waals surface area contributed by atoms with Gasteiger partial charge in [0.05, 0.1) is 115 Å². The third-order valence-electron chi connectivity index (χ3n) is 20.0. The monoisotopic (exact) mass is 1580 g/mol. The number of carbonyl (C=O) groups is 9. The van der Waals surface area contributed by atoms with Gasteiger partial charge in [-0.1, -0.05) is 129 Å². The summed E-state index contributed by atoms with van der Waals surface area (Å²) in [5.74, 6) is -0.238. The van der Waals surface area contributed by atoms with Gasteiger partial charge in [0, 0.05) is 77.3 Å². The molecule has 12 atom stereocenters. The molecule has 622 valence electrons. The fourth-order valence-corrected chi connectivity index (χ4v) is 13.4. The first kappa shape index (κ1) is 94.2. The quantitative estimate of drug-likeness (QED) is 0.0176. The maximum Gasteiger partial charge on any atom is 0.410 e. The number of ketones is 1. The van der Waals surface area contributed by atoms with E-state index < -0.39 is 120 Å². The van der Waals surface area contributed by atoms with Gasteiger partial charge in [0.25, 0.3) is 0 Å². The lowest BCUT2D eigenvalue weighted by Crippen LogP contribution is -2.60. The highest BCUT2D eigenvalue weighted by Crippen LogP contribution is 2.33. The van der Waals surface area contributed by atoms with Crippen molar-refractivity contribution < 1.29 is 86.2 Å². The van der Waals surface area contributed by atoms with Crippen LogP contribution in [0.4, 0.5) is 15.3 Å². The van der Waals surface area contributed by atoms with Crippen molar-refractivity contribution in [3.63, 3.8) is 0 Å². The number of nitriles is 1. The molecule has 31 heteroatoms. The molecule has 31 nitrogen and oxygen atoms in total. The Balaban J connectivity index is 1.05. The Morgan fingerprint density at radius 1 is 0.690 bits per heavy atom. The van der Waals surface area contributed by atoms with Crippen LogP contribution in [-0.4, -0.2) is 237 Å². The van der Waals surface area contributed by atoms with Gasteiger partial charge in [-0.05, 0) is 103 Å². The lowest BCUT2D eigenvalue weighted by molar-refractivity contribution is -0.148. The van der Waals surface area contributed by atoms with Crippen molar-refractivity contribution in [1.82, 2.24) is 51.0 Å². The number of methoxy groups -OCH3 is 2. The van der Waals surface area contributed by atoms with Crippen LogP contribution in [0.1, 0.15) is 149 Å². The third-order valence-corrected chi connectivity index (χ3v) is 20.0. The van der Waals surface area contributed by atoms with E-state index in [0.717, 1.165) is 16.8 Å². The van der Waals surface area contributed by atoms with E-state index >= 15 is 0 Å². The molecule has 1 saturated heterocycles. The normalized spacial score (nSPS) is 15.7. The lowest BCUT2D eigenvalue weighted by atomic mass is 9.85. The van der Waals surface area contributed by atoms with Crippen molar-refractivity contribution in [1.29, 1.82) is 5.26 Å². The number of benzene rings is 3. The summed E-state index contributed by atoms with van der Waals surface area (Å²) in [5.41, 5.74) is 9.03. The zero-order valence-electron chi connectivity index (χ0n) is 68.2. The predicted molar refractivity (Wildman–Crippen MR) is 422 cm³/mol. The van der Waals surface area contributed by atoms with E-state index in [9.17, 15) is 48.3 Å². The Morgan fingerprint density at radius 2 is 1.31 bits per heavy atom. The van der Waals surface area contributed by atoms with Crippen molar-refractivity contribution in [2.24, 2.45) is 41.2 Å². The zero-order chi connectivity index (χ0) is 83.1. The molecule has 1 aliphatic rings. The number of nitrogens with zero attached hydrogens (tertiary/aromatic N) is 7. The molecule has 113 heavy (non-hydrogen) atoms. The summed E-state index contributed by atoms with van der Waals surface area (Å²) in [6.45, 7) is 21.4. The molecule has 1 fully saturated rings. The SMILES string of the molecule is CC[C@H](C)[C@@H]([C@@H](CC(=O)N1CCC[C@H]1[C@H](OC)[C@@H](C)C(=O)C[C@H](C)[C@@H](O)c1ccccc1)OC)N(C)C(=O)[C@@H](NC(=O)[C@H](C(C)C)N(C)C(=O)OCc1ccc(NC(=O)[C@H](CCCNC(N)=O)NC(=O)[C@@H](NC(=O)CCOCCOCCOCCOCCOCc2cn(-c3ccc(C#CC#N)cc3)nn2)C(C)C)cc1)C(C)C. The molecule has 2 heterocycles. The number of aliphatic hydroxyl groups excluding tert-OH is 1. The number of primary amides is 1. The van der Waals surface area contributed by atoms with Crippen LogP contribution in [0.5, 0.6) is 0 Å². The van der Waals surface area contributed by atoms with Crippen LogP contribution in [0.3, 0.4) is 0 Å². The second kappa shape index (κ2) is 49.9. The number of urea groups is 1. The number of aromatic nitrogens is 3. The van der Waals surface area contributed by atoms with Crippen molar-refractivity contribution >= 4 is 59.0 Å². The Kier molecular flexibility index (Phi) is 41.6. The number of carbonyl (C=O) groups excluding carboxylic acids is 9. The number of anilines is 1. The number of likely N-dealkylation sites (tertiary alicyclic amines) is 1. The molecule has 0 spiro atoms. The molecule has 1 aliphatic heterocycles. The van der Waals surface area contributed by atoms with Crippen LogP contribution in [0.15, 0.2) is 85.1 Å². The second-order valence-corrected chi connectivity index (χ2v) is 29.5. The van der Waals surface area contributed by atoms with E-state index in [0.29, 0.717) is 82.4 Å². The van der Waals surface area contributed by atoms with Crippen LogP contribution in [0, 0.1) is 58.7 Å². The first-order valence-electron chi connectivity index (χ1n) is 39.0. The minimum absolute atomic E-state index is 0.0502. The van der Waals surface area contributed by atoms with Crippen LogP contribution >= 0.6 is 0 Å². The average Bonchev–Trinajstić information content (AvgIpc) is 1.35. The summed E-state index contributed by atoms with van der Waals surface area (Å²) < 4.78 is 47.4. The molecule has 0 bridgehead atoms. The van der Waals surface area contributed by atoms with Gasteiger partial charge in [0.2, 0.25) is 35.4 Å². The van der Waals surface area contributed by atoms with Gasteiger partial charge in [-0.3, -0.25) is 38.5 Å². The van der Waals surface area contributed by atoms with E-state index in [1.165, 1.54) is 19.1 Å². The molecule has 0 unspecified atom stereocenters. The van der Waals surface area contributed by atoms with E-state index in [2.05, 4.69) is 48.7 Å². The largest absolute Gasteiger partial charge is 0.445 e. The van der Waals surface area contributed by atoms with Crippen LogP contribution in [0.25, 0.3) is 5.69 Å². The van der Waals surface area contributed by atoms with Gasteiger partial charge in [-0.2, -0.15) is 5.26 Å². The number of Topliss-reactive ketones (excluding diaryl/α,β-unsaturated/α-hetero) is 1. The number of nitrogens with two attached hydrogens (primary N) is 1. The fraction of sp³-hybridized carbons (Fsp3) is 0.610. The second-order valence-electron chi connectivity index (χ2n) is 29.5. The van der Waals surface area contributed by atoms with Gasteiger partial charge in [-0.15, -0.1) is 5.10 Å². The topological polar surface area (TPSA) is 398 Å². The Labute approximate surface area is 665 Å². The molecule has 3 aromatic carbocycles. The maximum atomic E-state index is 14.9. The molecule has 8 N–H and O–H groups in total. The minimum Gasteiger partial charge on any atom is -0.445 e. The van der Waals surface area contributed by atoms with Gasteiger partial charge >= 0.3 is 12.1 Å². The molecule has 4 aromatic rings. The van der Waals surface area contributed by atoms with Gasteiger partial charge in [0.15, 0.2) is 6.07 Å². The number of aliphatic hydroxyl groups is 1. The molecule has 1 aromatic heterocycles. The highest BCUT2D eigenvalue weighted by Gasteiger charge is 2.44. The number of amides is 9. The van der Waals surface area contributed by atoms with Crippen molar-refractivity contribution in [2.45, 2.75) is 188 Å². The van der Waals surface area contributed by atoms with E-state index in [1.54, 1.807) is 119 Å². The smallest absolute Gasteiger partial charge is 0.410 e. The zero-order valence-corrected chi connectivity index (χ0v) is 68.2. The van der Waals surface area contributed by atoms with Crippen molar-refractivity contribution in [3.05, 3.63) is 107 Å². The van der Waals surface area contributed by atoms with E-state index in [4.69, 9.17) is 48.9 Å². The number of rotatable bonds is 51. The molecule has 0 saturated carbocycles. The van der Waals surface area contributed by atoms with Crippen molar-refractivity contribution in [3.8, 4) is 23.6 Å². The Hall–Kier alpha value is -9.44. The first-order valence-corrected chi connectivity index (χ1v) is 39.0. The van der Waals surface area contributed by atoms with Crippen LogP contribution in [0.2, 0.25) is 0 Å². The maximum absolute atomic E-state index is 14.9. The first-order chi connectivity index (χ1) is 54.0. The summed E-state index contributed by atoms with van der Waals surface area (Å²) >= 11 is 0. The number of likely N-dealkylation sites (N-methyl/N-ethyl adjacent to an activating group) is 2. The molecule has 0 radical (unpaired) electrons. The number of hydrogen-bond donors (Lipinski definition) is 7. The number of nitrogens with one attached hydrogen (secondary N) is 5. The summed E-state index contributed by atoms with van der Waals surface area (Å²) in [6.07, 6.45) is 0.967.